The molecule has 0 saturated carbocycles. The smallest absolute Gasteiger partial charge is 0.325 e. The van der Waals surface area contributed by atoms with E-state index in [1.54, 1.807) is 13.1 Å². The Morgan fingerprint density at radius 3 is 2.67 bits per heavy atom. The average Bonchev–Trinajstić information content (AvgIpc) is 2.80. The number of rotatable bonds is 3. The molecule has 0 atom stereocenters. The van der Waals surface area contributed by atoms with Crippen LogP contribution in [0.3, 0.4) is 0 Å². The monoisotopic (exact) mass is 340 g/mol. The molecule has 1 saturated heterocycles. The molecule has 2 aromatic carbocycles. The van der Waals surface area contributed by atoms with Gasteiger partial charge in [-0.3, -0.25) is 14.5 Å². The molecule has 0 N–H and O–H groups in total. The van der Waals surface area contributed by atoms with Crippen molar-refractivity contribution in [2.45, 2.75) is 0 Å². The maximum atomic E-state index is 12.5. The number of hydrogen-bond acceptors (Lipinski definition) is 4. The van der Waals surface area contributed by atoms with Crippen LogP contribution >= 0.6 is 12.2 Å². The zero-order chi connectivity index (χ0) is 17.3. The Hall–Kier alpha value is -2.73. The Bertz CT molecular complexity index is 870. The molecule has 1 aliphatic heterocycles. The van der Waals surface area contributed by atoms with Crippen LogP contribution in [0, 0.1) is 0 Å². The first-order valence-corrected chi connectivity index (χ1v) is 7.79. The maximum absolute atomic E-state index is 12.5. The number of fused-ring (bicyclic) bond motifs is 1. The lowest BCUT2D eigenvalue weighted by Gasteiger charge is -2.17. The summed E-state index contributed by atoms with van der Waals surface area (Å²) in [5.74, 6) is -0.693. The van der Waals surface area contributed by atoms with Crippen LogP contribution in [0.1, 0.15) is 5.56 Å². The van der Waals surface area contributed by atoms with E-state index in [1.807, 2.05) is 42.5 Å². The number of benzene rings is 2. The summed E-state index contributed by atoms with van der Waals surface area (Å²) in [6, 6.07) is 13.8. The highest BCUT2D eigenvalue weighted by Crippen LogP contribution is 2.26. The molecular formula is C18H16N2O3S. The minimum Gasteiger partial charge on any atom is -0.468 e. The quantitative estimate of drug-likeness (QED) is 0.488. The molecule has 0 bridgehead atoms. The summed E-state index contributed by atoms with van der Waals surface area (Å²) in [7, 11) is 2.90. The van der Waals surface area contributed by atoms with E-state index in [2.05, 4.69) is 0 Å². The number of carbonyl (C=O) groups excluding carboxylic acids is 2. The number of ether oxygens (including phenoxy) is 1. The summed E-state index contributed by atoms with van der Waals surface area (Å²) < 4.78 is 4.70. The number of esters is 1. The van der Waals surface area contributed by atoms with E-state index in [1.165, 1.54) is 16.9 Å². The standard InChI is InChI=1S/C18H16N2O3S/c1-19-17(22)15(20(18(19)24)11-16(21)23-2)10-13-8-5-7-12-6-3-4-9-14(12)13/h3-10H,11H2,1-2H3/b15-10-. The predicted octanol–water partition coefficient (Wildman–Crippen LogP) is 2.41. The minimum atomic E-state index is -0.454. The van der Waals surface area contributed by atoms with Gasteiger partial charge in [-0.05, 0) is 34.6 Å². The first-order chi connectivity index (χ1) is 11.5. The van der Waals surface area contributed by atoms with Crippen molar-refractivity contribution in [1.82, 2.24) is 9.80 Å². The summed E-state index contributed by atoms with van der Waals surface area (Å²) in [5, 5.41) is 2.39. The summed E-state index contributed by atoms with van der Waals surface area (Å²) in [6.45, 7) is -0.0952. The third-order valence-electron chi connectivity index (χ3n) is 3.96. The largest absolute Gasteiger partial charge is 0.468 e. The van der Waals surface area contributed by atoms with Crippen molar-refractivity contribution >= 4 is 46.1 Å². The Morgan fingerprint density at radius 1 is 1.21 bits per heavy atom. The van der Waals surface area contributed by atoms with E-state index in [0.717, 1.165) is 16.3 Å². The summed E-state index contributed by atoms with van der Waals surface area (Å²) >= 11 is 5.28. The Labute approximate surface area is 145 Å². The molecular weight excluding hydrogens is 324 g/mol. The second-order valence-corrected chi connectivity index (χ2v) is 5.77. The van der Waals surface area contributed by atoms with Gasteiger partial charge in [-0.15, -0.1) is 0 Å². The zero-order valence-electron chi connectivity index (χ0n) is 13.4. The summed E-state index contributed by atoms with van der Waals surface area (Å²) in [6.07, 6.45) is 1.77. The topological polar surface area (TPSA) is 49.9 Å². The lowest BCUT2D eigenvalue weighted by molar-refractivity contribution is -0.140. The van der Waals surface area contributed by atoms with Crippen LogP contribution in [0.5, 0.6) is 0 Å². The molecule has 1 fully saturated rings. The van der Waals surface area contributed by atoms with Crippen LogP contribution in [0.25, 0.3) is 16.8 Å². The molecule has 24 heavy (non-hydrogen) atoms. The highest BCUT2D eigenvalue weighted by atomic mass is 32.1. The summed E-state index contributed by atoms with van der Waals surface area (Å²) in [5.41, 5.74) is 1.26. The van der Waals surface area contributed by atoms with Gasteiger partial charge in [-0.25, -0.2) is 0 Å². The van der Waals surface area contributed by atoms with Gasteiger partial charge in [-0.2, -0.15) is 0 Å². The van der Waals surface area contributed by atoms with Crippen molar-refractivity contribution in [1.29, 1.82) is 0 Å². The number of thiocarbonyl (C=S) groups is 1. The van der Waals surface area contributed by atoms with Crippen LogP contribution in [-0.2, 0) is 14.3 Å². The second kappa shape index (κ2) is 6.41. The highest BCUT2D eigenvalue weighted by Gasteiger charge is 2.36. The first kappa shape index (κ1) is 16.1. The Morgan fingerprint density at radius 2 is 1.92 bits per heavy atom. The van der Waals surface area contributed by atoms with Gasteiger partial charge in [0.05, 0.1) is 7.11 Å². The third-order valence-corrected chi connectivity index (χ3v) is 4.46. The van der Waals surface area contributed by atoms with Gasteiger partial charge < -0.3 is 9.64 Å². The van der Waals surface area contributed by atoms with Crippen LogP contribution in [0.15, 0.2) is 48.2 Å². The van der Waals surface area contributed by atoms with Crippen molar-refractivity contribution in [3.05, 3.63) is 53.7 Å². The molecule has 1 heterocycles. The molecule has 1 aliphatic rings. The predicted molar refractivity (Wildman–Crippen MR) is 96.0 cm³/mol. The molecule has 0 aromatic heterocycles. The first-order valence-electron chi connectivity index (χ1n) is 7.38. The van der Waals surface area contributed by atoms with Gasteiger partial charge in [0.1, 0.15) is 12.2 Å². The fourth-order valence-corrected chi connectivity index (χ4v) is 2.91. The maximum Gasteiger partial charge on any atom is 0.325 e. The van der Waals surface area contributed by atoms with Crippen molar-refractivity contribution < 1.29 is 14.3 Å². The van der Waals surface area contributed by atoms with E-state index in [0.29, 0.717) is 5.70 Å². The molecule has 3 rings (SSSR count). The van der Waals surface area contributed by atoms with Gasteiger partial charge in [0, 0.05) is 7.05 Å². The number of carbonyl (C=O) groups is 2. The van der Waals surface area contributed by atoms with E-state index >= 15 is 0 Å². The minimum absolute atomic E-state index is 0.0952. The molecule has 2 aromatic rings. The van der Waals surface area contributed by atoms with E-state index in [-0.39, 0.29) is 17.6 Å². The second-order valence-electron chi connectivity index (χ2n) is 5.41. The highest BCUT2D eigenvalue weighted by molar-refractivity contribution is 7.80. The van der Waals surface area contributed by atoms with Crippen molar-refractivity contribution in [2.24, 2.45) is 0 Å². The van der Waals surface area contributed by atoms with Gasteiger partial charge in [0.25, 0.3) is 5.91 Å². The number of nitrogens with zero attached hydrogens (tertiary/aromatic N) is 2. The van der Waals surface area contributed by atoms with E-state index in [9.17, 15) is 9.59 Å². The number of likely N-dealkylation sites (N-methyl/N-ethyl adjacent to an activating group) is 1. The average molecular weight is 340 g/mol. The SMILES string of the molecule is COC(=O)CN1C(=S)N(C)C(=O)/C1=C/c1cccc2ccccc12. The lowest BCUT2D eigenvalue weighted by atomic mass is 10.0. The molecule has 5 nitrogen and oxygen atoms in total. The Kier molecular flexibility index (Phi) is 4.31. The molecule has 0 spiro atoms. The fourth-order valence-electron chi connectivity index (χ4n) is 2.67. The van der Waals surface area contributed by atoms with Gasteiger partial charge in [0.15, 0.2) is 5.11 Å². The van der Waals surface area contributed by atoms with Gasteiger partial charge in [0.2, 0.25) is 0 Å². The number of hydrogen-bond donors (Lipinski definition) is 0. The molecule has 0 radical (unpaired) electrons. The van der Waals surface area contributed by atoms with Crippen LogP contribution in [0.4, 0.5) is 0 Å². The number of amides is 1. The van der Waals surface area contributed by atoms with Crippen LogP contribution in [-0.4, -0.2) is 47.5 Å². The molecule has 6 heteroatoms. The fraction of sp³-hybridized carbons (Fsp3) is 0.167. The van der Waals surface area contributed by atoms with Crippen molar-refractivity contribution in [3.8, 4) is 0 Å². The zero-order valence-corrected chi connectivity index (χ0v) is 14.2. The van der Waals surface area contributed by atoms with Gasteiger partial charge in [-0.1, -0.05) is 42.5 Å². The Balaban J connectivity index is 2.09. The van der Waals surface area contributed by atoms with Crippen LogP contribution in [0.2, 0.25) is 0 Å². The summed E-state index contributed by atoms with van der Waals surface area (Å²) in [4.78, 5) is 27.0. The molecule has 0 aliphatic carbocycles. The molecule has 122 valence electrons. The lowest BCUT2D eigenvalue weighted by Crippen LogP contribution is -2.33. The van der Waals surface area contributed by atoms with Gasteiger partial charge >= 0.3 is 5.97 Å². The number of methoxy groups -OCH3 is 1. The van der Waals surface area contributed by atoms with Crippen molar-refractivity contribution in [2.75, 3.05) is 20.7 Å². The molecule has 0 unspecified atom stereocenters. The van der Waals surface area contributed by atoms with Crippen LogP contribution < -0.4 is 0 Å². The third kappa shape index (κ3) is 2.76. The van der Waals surface area contributed by atoms with Crippen molar-refractivity contribution in [3.63, 3.8) is 0 Å². The molecule has 1 amide bonds. The van der Waals surface area contributed by atoms with E-state index < -0.39 is 5.97 Å². The normalized spacial score (nSPS) is 16.3. The van der Waals surface area contributed by atoms with E-state index in [4.69, 9.17) is 17.0 Å².